The summed E-state index contributed by atoms with van der Waals surface area (Å²) in [7, 11) is -1.78. The van der Waals surface area contributed by atoms with Gasteiger partial charge in [0.15, 0.2) is 0 Å². The molecule has 0 saturated carbocycles. The number of fused-ring (bicyclic) bond motifs is 1. The third-order valence-electron chi connectivity index (χ3n) is 7.85. The van der Waals surface area contributed by atoms with Crippen molar-refractivity contribution >= 4 is 36.2 Å². The van der Waals surface area contributed by atoms with Crippen LogP contribution in [0.5, 0.6) is 5.75 Å². The Hall–Kier alpha value is -3.28. The average molecular weight is 535 g/mol. The Bertz CT molecular complexity index is 1290. The fourth-order valence-corrected chi connectivity index (χ4v) is 5.84. The van der Waals surface area contributed by atoms with Crippen LogP contribution in [-0.4, -0.2) is 68.7 Å². The minimum atomic E-state index is -1.78. The Labute approximate surface area is 227 Å². The highest BCUT2D eigenvalue weighted by Crippen LogP contribution is 2.47. The lowest BCUT2D eigenvalue weighted by Gasteiger charge is -2.36. The number of allylic oxidation sites excluding steroid dienone is 1. The lowest BCUT2D eigenvalue weighted by atomic mass is 9.68. The van der Waals surface area contributed by atoms with Gasteiger partial charge >= 0.3 is 7.12 Å². The third-order valence-corrected chi connectivity index (χ3v) is 7.85. The maximum atomic E-state index is 13.6. The molecule has 0 spiro atoms. The molecule has 1 aliphatic heterocycles. The Kier molecular flexibility index (Phi) is 9.04. The largest absolute Gasteiger partial charge is 0.507 e. The molecule has 0 bridgehead atoms. The second-order valence-electron chi connectivity index (χ2n) is 10.1. The summed E-state index contributed by atoms with van der Waals surface area (Å²) < 4.78 is 0. The molecular weight excluding hydrogens is 501 g/mol. The van der Waals surface area contributed by atoms with Gasteiger partial charge in [0.25, 0.3) is 0 Å². The second kappa shape index (κ2) is 12.3. The number of nitrogens with zero attached hydrogens (tertiary/aromatic N) is 1. The number of imide groups is 1. The van der Waals surface area contributed by atoms with Crippen molar-refractivity contribution in [2.24, 2.45) is 17.8 Å². The van der Waals surface area contributed by atoms with Gasteiger partial charge < -0.3 is 30.5 Å². The van der Waals surface area contributed by atoms with E-state index in [-0.39, 0.29) is 29.7 Å². The van der Waals surface area contributed by atoms with Crippen LogP contribution in [0.4, 0.5) is 5.69 Å². The molecule has 6 N–H and O–H groups in total. The summed E-state index contributed by atoms with van der Waals surface area (Å²) >= 11 is 0. The summed E-state index contributed by atoms with van der Waals surface area (Å²) in [4.78, 5) is 28.0. The van der Waals surface area contributed by atoms with Crippen molar-refractivity contribution < 1.29 is 40.1 Å². The van der Waals surface area contributed by atoms with Crippen LogP contribution in [0.25, 0.3) is 6.08 Å². The quantitative estimate of drug-likeness (QED) is 0.150. The number of phenolic OH excluding ortho intramolecular Hbond substituents is 1. The van der Waals surface area contributed by atoms with Crippen molar-refractivity contribution in [1.82, 2.24) is 0 Å². The van der Waals surface area contributed by atoms with Gasteiger partial charge in [-0.3, -0.25) is 14.5 Å². The minimum Gasteiger partial charge on any atom is -0.507 e. The molecule has 9 nitrogen and oxygen atoms in total. The molecule has 1 fully saturated rings. The van der Waals surface area contributed by atoms with E-state index in [9.17, 15) is 40.1 Å². The molecule has 4 atom stereocenters. The van der Waals surface area contributed by atoms with Crippen molar-refractivity contribution in [3.63, 3.8) is 0 Å². The van der Waals surface area contributed by atoms with Gasteiger partial charge in [0, 0.05) is 11.5 Å². The zero-order chi connectivity index (χ0) is 28.3. The molecule has 1 heterocycles. The summed E-state index contributed by atoms with van der Waals surface area (Å²) in [5, 5.41) is 61.0. The molecule has 2 aliphatic rings. The molecule has 0 unspecified atom stereocenters. The summed E-state index contributed by atoms with van der Waals surface area (Å²) in [6.07, 6.45) is 2.32. The van der Waals surface area contributed by atoms with E-state index in [0.717, 1.165) is 10.5 Å². The first-order valence-electron chi connectivity index (χ1n) is 13.1. The van der Waals surface area contributed by atoms with Gasteiger partial charge in [-0.2, -0.15) is 0 Å². The van der Waals surface area contributed by atoms with Crippen LogP contribution in [0.2, 0.25) is 0 Å². The molecule has 0 aromatic heterocycles. The molecule has 39 heavy (non-hydrogen) atoms. The zero-order valence-corrected chi connectivity index (χ0v) is 21.8. The Morgan fingerprint density at radius 1 is 1.10 bits per heavy atom. The number of amides is 2. The lowest BCUT2D eigenvalue weighted by molar-refractivity contribution is -0.123. The van der Waals surface area contributed by atoms with Crippen LogP contribution in [0, 0.1) is 17.8 Å². The normalized spacial score (nSPS) is 22.4. The molecule has 1 saturated heterocycles. The number of hydrogen-bond donors (Lipinski definition) is 6. The Morgan fingerprint density at radius 3 is 2.49 bits per heavy atom. The number of aromatic hydroxyl groups is 1. The maximum Gasteiger partial charge on any atom is 0.488 e. The Balaban J connectivity index is 1.59. The fraction of sp³-hybridized carbons (Fsp3) is 0.379. The number of hydrogen-bond acceptors (Lipinski definition) is 8. The molecule has 2 amide bonds. The molecule has 0 radical (unpaired) electrons. The topological polar surface area (TPSA) is 159 Å². The monoisotopic (exact) mass is 535 g/mol. The SMILES string of the molecule is CC/C(=C\c1ccccc1O)CC[C@@H](O)C1=C(CO)C[C@H]2C(=O)N(c3cccc(B(O)O)c3)C(=O)[C@H]2[C@H]1CO. The standard InChI is InChI=1S/C29H34BNO8/c1-2-17(12-18-6-3-4-9-24(18)34)10-11-25(35)26-19(15-32)13-22-27(23(26)16-33)29(37)31(28(22)36)21-8-5-7-20(14-21)30(38)39/h3-9,12,14,22-23,25,27,32-35,38-39H,2,10-11,13,15-16H2,1H3/b17-12+/t22-,23+,25-,27-/m1/s1. The molecule has 4 rings (SSSR count). The molecule has 2 aromatic rings. The summed E-state index contributed by atoms with van der Waals surface area (Å²) in [6.45, 7) is 1.06. The number of para-hydroxylation sites is 1. The van der Waals surface area contributed by atoms with Crippen LogP contribution in [0.3, 0.4) is 0 Å². The van der Waals surface area contributed by atoms with Gasteiger partial charge in [-0.15, -0.1) is 0 Å². The van der Waals surface area contributed by atoms with E-state index >= 15 is 0 Å². The van der Waals surface area contributed by atoms with Crippen molar-refractivity contribution in [3.05, 3.63) is 70.8 Å². The van der Waals surface area contributed by atoms with E-state index in [1.807, 2.05) is 19.1 Å². The van der Waals surface area contributed by atoms with Gasteiger partial charge in [-0.25, -0.2) is 0 Å². The highest BCUT2D eigenvalue weighted by atomic mass is 16.4. The van der Waals surface area contributed by atoms with Crippen molar-refractivity contribution in [3.8, 4) is 5.75 Å². The number of carbonyl (C=O) groups excluding carboxylic acids is 2. The molecule has 206 valence electrons. The highest BCUT2D eigenvalue weighted by molar-refractivity contribution is 6.58. The van der Waals surface area contributed by atoms with E-state index in [2.05, 4.69) is 0 Å². The van der Waals surface area contributed by atoms with Gasteiger partial charge in [-0.05, 0) is 60.5 Å². The average Bonchev–Trinajstić information content (AvgIpc) is 3.19. The minimum absolute atomic E-state index is 0.0712. The predicted molar refractivity (Wildman–Crippen MR) is 147 cm³/mol. The molecule has 10 heteroatoms. The lowest BCUT2D eigenvalue weighted by Crippen LogP contribution is -2.39. The molecule has 2 aromatic carbocycles. The highest BCUT2D eigenvalue weighted by Gasteiger charge is 2.55. The first kappa shape index (κ1) is 28.7. The van der Waals surface area contributed by atoms with Crippen LogP contribution >= 0.6 is 0 Å². The number of rotatable bonds is 10. The van der Waals surface area contributed by atoms with Crippen LogP contribution in [0.15, 0.2) is 65.3 Å². The molecule has 1 aliphatic carbocycles. The predicted octanol–water partition coefficient (Wildman–Crippen LogP) is 1.11. The van der Waals surface area contributed by atoms with E-state index < -0.39 is 56.0 Å². The summed E-state index contributed by atoms with van der Waals surface area (Å²) in [5.74, 6) is -3.48. The number of phenols is 1. The van der Waals surface area contributed by atoms with E-state index in [0.29, 0.717) is 29.6 Å². The summed E-state index contributed by atoms with van der Waals surface area (Å²) in [5.41, 5.74) is 2.79. The number of aliphatic hydroxyl groups is 3. The van der Waals surface area contributed by atoms with Crippen LogP contribution in [0.1, 0.15) is 38.2 Å². The number of benzene rings is 2. The van der Waals surface area contributed by atoms with Gasteiger partial charge in [0.1, 0.15) is 5.75 Å². The van der Waals surface area contributed by atoms with E-state index in [4.69, 9.17) is 0 Å². The van der Waals surface area contributed by atoms with Gasteiger partial charge in [0.2, 0.25) is 11.8 Å². The Morgan fingerprint density at radius 2 is 1.85 bits per heavy atom. The van der Waals surface area contributed by atoms with Crippen molar-refractivity contribution in [1.29, 1.82) is 0 Å². The summed E-state index contributed by atoms with van der Waals surface area (Å²) in [6, 6.07) is 12.8. The van der Waals surface area contributed by atoms with Gasteiger partial charge in [0.05, 0.1) is 36.8 Å². The molecular formula is C29H34BNO8. The first-order valence-corrected chi connectivity index (χ1v) is 13.1. The van der Waals surface area contributed by atoms with Crippen molar-refractivity contribution in [2.75, 3.05) is 18.1 Å². The second-order valence-corrected chi connectivity index (χ2v) is 10.1. The van der Waals surface area contributed by atoms with Gasteiger partial charge in [-0.1, -0.05) is 48.9 Å². The number of aliphatic hydroxyl groups excluding tert-OH is 3. The van der Waals surface area contributed by atoms with Crippen LogP contribution in [-0.2, 0) is 9.59 Å². The fourth-order valence-electron chi connectivity index (χ4n) is 5.84. The van der Waals surface area contributed by atoms with Crippen molar-refractivity contribution in [2.45, 2.75) is 38.7 Å². The van der Waals surface area contributed by atoms with E-state index in [1.54, 1.807) is 18.2 Å². The van der Waals surface area contributed by atoms with Crippen LogP contribution < -0.4 is 10.4 Å². The first-order chi connectivity index (χ1) is 18.7. The maximum absolute atomic E-state index is 13.6. The van der Waals surface area contributed by atoms with E-state index in [1.165, 1.54) is 24.3 Å². The smallest absolute Gasteiger partial charge is 0.488 e. The zero-order valence-electron chi connectivity index (χ0n) is 21.8. The third kappa shape index (κ3) is 5.71. The number of carbonyl (C=O) groups is 2. The number of anilines is 1.